The maximum Gasteiger partial charge on any atom is 0.254 e. The van der Waals surface area contributed by atoms with Gasteiger partial charge in [-0.2, -0.15) is 0 Å². The van der Waals surface area contributed by atoms with Crippen LogP contribution in [0.3, 0.4) is 0 Å². The highest BCUT2D eigenvalue weighted by atomic mass is 32.2. The predicted molar refractivity (Wildman–Crippen MR) is 111 cm³/mol. The number of aryl methyl sites for hydroxylation is 1. The number of benzene rings is 1. The number of carbonyl (C=O) groups is 1. The number of rotatable bonds is 4. The number of aromatic nitrogens is 1. The van der Waals surface area contributed by atoms with Gasteiger partial charge in [0.25, 0.3) is 5.91 Å². The molecule has 5 nitrogen and oxygen atoms in total. The molecule has 6 heteroatoms. The number of fused-ring (bicyclic) bond motifs is 2. The summed E-state index contributed by atoms with van der Waals surface area (Å²) in [6, 6.07) is 10.2. The second kappa shape index (κ2) is 7.33. The molecule has 5 rings (SSSR count). The summed E-state index contributed by atoms with van der Waals surface area (Å²) in [5.41, 5.74) is 8.05. The van der Waals surface area contributed by atoms with E-state index in [0.717, 1.165) is 59.5 Å². The molecule has 2 aromatic rings. The molecule has 3 aliphatic rings. The largest absolute Gasteiger partial charge is 0.388 e. The highest BCUT2D eigenvalue weighted by Crippen LogP contribution is 2.35. The third-order valence-corrected chi connectivity index (χ3v) is 6.74. The number of carbonyl (C=O) groups excluding carboxylic acids is 1. The molecule has 1 aliphatic carbocycles. The van der Waals surface area contributed by atoms with E-state index in [1.165, 1.54) is 5.56 Å². The molecule has 0 spiro atoms. The molecule has 2 atom stereocenters. The fourth-order valence-corrected chi connectivity index (χ4v) is 5.21. The zero-order valence-electron chi connectivity index (χ0n) is 15.7. The molecular weight excluding hydrogens is 370 g/mol. The summed E-state index contributed by atoms with van der Waals surface area (Å²) in [6.45, 7) is 1.31. The average Bonchev–Trinajstić information content (AvgIpc) is 3.35. The number of amides is 1. The highest BCUT2D eigenvalue weighted by molar-refractivity contribution is 8.12. The van der Waals surface area contributed by atoms with Gasteiger partial charge < -0.3 is 10.0 Å². The minimum absolute atomic E-state index is 0.111. The molecule has 2 unspecified atom stereocenters. The Morgan fingerprint density at radius 3 is 3.00 bits per heavy atom. The summed E-state index contributed by atoms with van der Waals surface area (Å²) < 4.78 is 0. The van der Waals surface area contributed by atoms with E-state index in [2.05, 4.69) is 11.1 Å². The number of hydrogen-bond acceptors (Lipinski definition) is 5. The molecule has 2 aliphatic heterocycles. The van der Waals surface area contributed by atoms with Crippen LogP contribution >= 0.6 is 11.8 Å². The van der Waals surface area contributed by atoms with Crippen LogP contribution in [0, 0.1) is 0 Å². The Morgan fingerprint density at radius 2 is 2.14 bits per heavy atom. The molecule has 0 saturated carbocycles. The normalized spacial score (nSPS) is 23.2. The van der Waals surface area contributed by atoms with Crippen LogP contribution in [0.4, 0.5) is 0 Å². The monoisotopic (exact) mass is 393 g/mol. The Balaban J connectivity index is 1.31. The van der Waals surface area contributed by atoms with Crippen LogP contribution in [0.25, 0.3) is 0 Å². The van der Waals surface area contributed by atoms with E-state index in [-0.39, 0.29) is 18.1 Å². The van der Waals surface area contributed by atoms with Crippen molar-refractivity contribution >= 4 is 23.2 Å². The van der Waals surface area contributed by atoms with E-state index in [0.29, 0.717) is 13.1 Å². The lowest BCUT2D eigenvalue weighted by Crippen LogP contribution is -2.26. The second-order valence-corrected chi connectivity index (χ2v) is 8.58. The molecular formula is C22H23N3O2S. The van der Waals surface area contributed by atoms with Gasteiger partial charge in [0.05, 0.1) is 17.7 Å². The molecule has 1 aromatic carbocycles. The van der Waals surface area contributed by atoms with Gasteiger partial charge in [0.2, 0.25) is 0 Å². The molecule has 1 N–H and O–H groups in total. The van der Waals surface area contributed by atoms with Crippen molar-refractivity contribution in [3.8, 4) is 0 Å². The number of hydrogen-bond donors (Lipinski definition) is 1. The van der Waals surface area contributed by atoms with Gasteiger partial charge in [0, 0.05) is 47.8 Å². The molecule has 0 radical (unpaired) electrons. The average molecular weight is 394 g/mol. The van der Waals surface area contributed by atoms with E-state index in [9.17, 15) is 9.90 Å². The fourth-order valence-electron chi connectivity index (χ4n) is 4.44. The first-order chi connectivity index (χ1) is 13.7. The first-order valence-corrected chi connectivity index (χ1v) is 11.0. The zero-order valence-corrected chi connectivity index (χ0v) is 16.5. The minimum atomic E-state index is -0.380. The summed E-state index contributed by atoms with van der Waals surface area (Å²) >= 11 is 1.73. The molecule has 1 amide bonds. The smallest absolute Gasteiger partial charge is 0.254 e. The Bertz CT molecular complexity index is 959. The number of aliphatic imine (C=N–C) groups is 1. The zero-order chi connectivity index (χ0) is 19.1. The maximum absolute atomic E-state index is 12.9. The van der Waals surface area contributed by atoms with E-state index in [1.807, 2.05) is 34.7 Å². The second-order valence-electron chi connectivity index (χ2n) is 7.70. The predicted octanol–water partition coefficient (Wildman–Crippen LogP) is 3.47. The summed E-state index contributed by atoms with van der Waals surface area (Å²) in [7, 11) is 0. The molecule has 1 aromatic heterocycles. The van der Waals surface area contributed by atoms with Crippen LogP contribution in [0.1, 0.15) is 63.4 Å². The summed E-state index contributed by atoms with van der Waals surface area (Å²) in [5, 5.41) is 10.1. The van der Waals surface area contributed by atoms with Crippen LogP contribution in [-0.4, -0.2) is 38.7 Å². The third kappa shape index (κ3) is 3.14. The van der Waals surface area contributed by atoms with E-state index >= 15 is 0 Å². The van der Waals surface area contributed by atoms with Crippen molar-refractivity contribution in [1.82, 2.24) is 9.88 Å². The van der Waals surface area contributed by atoms with Crippen molar-refractivity contribution in [3.05, 3.63) is 64.0 Å². The minimum Gasteiger partial charge on any atom is -0.388 e. The highest BCUT2D eigenvalue weighted by Gasteiger charge is 2.31. The SMILES string of the molecule is O=C1c2cccc(C3CSC=N3)c2CN1CCc1ccc2c(n1)CCCC2O. The number of aliphatic hydroxyl groups is 1. The van der Waals surface area contributed by atoms with Crippen LogP contribution in [0.15, 0.2) is 35.3 Å². The summed E-state index contributed by atoms with van der Waals surface area (Å²) in [5.74, 6) is 1.06. The van der Waals surface area contributed by atoms with E-state index in [1.54, 1.807) is 11.8 Å². The molecule has 144 valence electrons. The Morgan fingerprint density at radius 1 is 1.21 bits per heavy atom. The Hall–Kier alpha value is -2.18. The van der Waals surface area contributed by atoms with Crippen molar-refractivity contribution in [2.45, 2.75) is 44.4 Å². The van der Waals surface area contributed by atoms with Gasteiger partial charge in [0.1, 0.15) is 0 Å². The fraction of sp³-hybridized carbons (Fsp3) is 0.409. The Kier molecular flexibility index (Phi) is 4.69. The topological polar surface area (TPSA) is 65.8 Å². The first kappa shape index (κ1) is 17.9. The van der Waals surface area contributed by atoms with Crippen molar-refractivity contribution < 1.29 is 9.90 Å². The molecule has 0 saturated heterocycles. The van der Waals surface area contributed by atoms with Crippen LogP contribution < -0.4 is 0 Å². The standard InChI is InChI=1S/C22H23N3O2S/c26-21-6-2-5-19-17(21)8-7-14(24-19)9-10-25-11-18-15(20-12-28-13-23-20)3-1-4-16(18)22(25)27/h1,3-4,7-8,13,20-21,26H,2,5-6,9-12H2. The lowest BCUT2D eigenvalue weighted by Gasteiger charge is -2.21. The number of nitrogens with zero attached hydrogens (tertiary/aromatic N) is 3. The lowest BCUT2D eigenvalue weighted by atomic mass is 9.93. The molecule has 0 bridgehead atoms. The van der Waals surface area contributed by atoms with Gasteiger partial charge in [-0.3, -0.25) is 14.8 Å². The number of pyridine rings is 1. The van der Waals surface area contributed by atoms with Gasteiger partial charge in [-0.15, -0.1) is 11.8 Å². The van der Waals surface area contributed by atoms with E-state index < -0.39 is 0 Å². The third-order valence-electron chi connectivity index (χ3n) is 5.96. The summed E-state index contributed by atoms with van der Waals surface area (Å²) in [6.07, 6.45) is 3.08. The van der Waals surface area contributed by atoms with Gasteiger partial charge in [-0.25, -0.2) is 0 Å². The summed E-state index contributed by atoms with van der Waals surface area (Å²) in [4.78, 5) is 24.1. The van der Waals surface area contributed by atoms with Crippen molar-refractivity contribution in [2.24, 2.45) is 4.99 Å². The van der Waals surface area contributed by atoms with Gasteiger partial charge in [-0.05, 0) is 42.5 Å². The quantitative estimate of drug-likeness (QED) is 0.864. The maximum atomic E-state index is 12.9. The van der Waals surface area contributed by atoms with Crippen molar-refractivity contribution in [3.63, 3.8) is 0 Å². The van der Waals surface area contributed by atoms with E-state index in [4.69, 9.17) is 4.98 Å². The number of aliphatic hydroxyl groups excluding tert-OH is 1. The Labute approximate surface area is 168 Å². The molecule has 28 heavy (non-hydrogen) atoms. The van der Waals surface area contributed by atoms with Crippen LogP contribution in [0.5, 0.6) is 0 Å². The van der Waals surface area contributed by atoms with Crippen LogP contribution in [0.2, 0.25) is 0 Å². The lowest BCUT2D eigenvalue weighted by molar-refractivity contribution is 0.0780. The van der Waals surface area contributed by atoms with Crippen LogP contribution in [-0.2, 0) is 19.4 Å². The van der Waals surface area contributed by atoms with Gasteiger partial charge >= 0.3 is 0 Å². The van der Waals surface area contributed by atoms with Crippen molar-refractivity contribution in [1.29, 1.82) is 0 Å². The number of thioether (sulfide) groups is 1. The molecule has 0 fully saturated rings. The van der Waals surface area contributed by atoms with Gasteiger partial charge in [0.15, 0.2) is 0 Å². The first-order valence-electron chi connectivity index (χ1n) is 9.92. The van der Waals surface area contributed by atoms with Crippen molar-refractivity contribution in [2.75, 3.05) is 12.3 Å². The van der Waals surface area contributed by atoms with Gasteiger partial charge in [-0.1, -0.05) is 18.2 Å². The molecule has 3 heterocycles.